The van der Waals surface area contributed by atoms with E-state index in [0.717, 1.165) is 0 Å². The number of aromatic nitrogens is 2. The van der Waals surface area contributed by atoms with Crippen LogP contribution in [0.4, 0.5) is 0 Å². The van der Waals surface area contributed by atoms with Gasteiger partial charge < -0.3 is 0 Å². The molecular formula is C29H40N2+2. The smallest absolute Gasteiger partial charge is 0.201 e. The van der Waals surface area contributed by atoms with Gasteiger partial charge in [0.05, 0.1) is 11.1 Å². The molecule has 0 N–H and O–H groups in total. The molecule has 31 heavy (non-hydrogen) atoms. The predicted octanol–water partition coefficient (Wildman–Crippen LogP) is 6.19. The van der Waals surface area contributed by atoms with Crippen LogP contribution < -0.4 is 9.13 Å². The van der Waals surface area contributed by atoms with Crippen LogP contribution in [0.2, 0.25) is 0 Å². The molecule has 0 bridgehead atoms. The van der Waals surface area contributed by atoms with E-state index >= 15 is 0 Å². The minimum Gasteiger partial charge on any atom is -0.201 e. The van der Waals surface area contributed by atoms with E-state index in [9.17, 15) is 0 Å². The number of pyridine rings is 2. The number of benzene rings is 1. The van der Waals surface area contributed by atoms with Crippen LogP contribution in [0.25, 0.3) is 22.5 Å². The van der Waals surface area contributed by atoms with Gasteiger partial charge in [0.15, 0.2) is 12.4 Å². The summed E-state index contributed by atoms with van der Waals surface area (Å²) in [5.74, 6) is 0. The fourth-order valence-corrected chi connectivity index (χ4v) is 4.60. The summed E-state index contributed by atoms with van der Waals surface area (Å²) in [6.45, 7) is 20.4. The van der Waals surface area contributed by atoms with Crippen LogP contribution in [-0.4, -0.2) is 0 Å². The minimum absolute atomic E-state index is 0.140. The molecule has 3 aromatic rings. The fraction of sp³-hybridized carbons (Fsp3) is 0.448. The lowest BCUT2D eigenvalue weighted by Crippen LogP contribution is -2.34. The van der Waals surface area contributed by atoms with Gasteiger partial charge in [-0.1, -0.05) is 47.6 Å². The molecule has 2 heterocycles. The molecule has 2 heteroatoms. The summed E-state index contributed by atoms with van der Waals surface area (Å²) in [6.07, 6.45) is 4.57. The maximum Gasteiger partial charge on any atom is 0.212 e. The van der Waals surface area contributed by atoms with Crippen molar-refractivity contribution in [3.63, 3.8) is 0 Å². The van der Waals surface area contributed by atoms with Crippen LogP contribution in [0.3, 0.4) is 0 Å². The molecular weight excluding hydrogens is 376 g/mol. The zero-order valence-corrected chi connectivity index (χ0v) is 21.4. The second-order valence-electron chi connectivity index (χ2n) is 11.2. The second kappa shape index (κ2) is 7.89. The lowest BCUT2D eigenvalue weighted by Gasteiger charge is -2.20. The lowest BCUT2D eigenvalue weighted by atomic mass is 9.85. The van der Waals surface area contributed by atoms with E-state index in [1.165, 1.54) is 50.3 Å². The van der Waals surface area contributed by atoms with Crippen molar-refractivity contribution in [3.05, 3.63) is 70.5 Å². The van der Waals surface area contributed by atoms with Crippen molar-refractivity contribution < 1.29 is 9.13 Å². The topological polar surface area (TPSA) is 7.76 Å². The van der Waals surface area contributed by atoms with Crippen LogP contribution >= 0.6 is 0 Å². The van der Waals surface area contributed by atoms with E-state index in [2.05, 4.69) is 128 Å². The summed E-state index contributed by atoms with van der Waals surface area (Å²) in [5.41, 5.74) is 12.2. The molecule has 0 atom stereocenters. The van der Waals surface area contributed by atoms with Gasteiger partial charge in [-0.3, -0.25) is 0 Å². The SMILES string of the molecule is Cc1cc(C)c(-c2ccc(C(C)(C)C)c[n+]2C)c(C)c1-c1ccc(C(C)(C)C)c[n+]1C. The van der Waals surface area contributed by atoms with Crippen LogP contribution in [-0.2, 0) is 24.9 Å². The van der Waals surface area contributed by atoms with Crippen LogP contribution in [0.1, 0.15) is 69.4 Å². The van der Waals surface area contributed by atoms with E-state index in [1.807, 2.05) is 0 Å². The first-order chi connectivity index (χ1) is 14.2. The molecule has 0 radical (unpaired) electrons. The highest BCUT2D eigenvalue weighted by molar-refractivity contribution is 5.78. The first-order valence-electron chi connectivity index (χ1n) is 11.3. The fourth-order valence-electron chi connectivity index (χ4n) is 4.60. The standard InChI is InChI=1S/C29H40N2/c1-19-16-20(2)27(25-15-13-23(18-31(25)11)29(7,8)9)21(3)26(19)24-14-12-22(17-30(24)10)28(4,5)6/h12-18H,1-11H3/q+2. The molecule has 164 valence electrons. The average Bonchev–Trinajstić information content (AvgIpc) is 2.62. The summed E-state index contributed by atoms with van der Waals surface area (Å²) < 4.78 is 4.58. The van der Waals surface area contributed by atoms with Gasteiger partial charge in [0, 0.05) is 23.3 Å². The van der Waals surface area contributed by atoms with Crippen molar-refractivity contribution >= 4 is 0 Å². The first-order valence-corrected chi connectivity index (χ1v) is 11.3. The Morgan fingerprint density at radius 2 is 0.935 bits per heavy atom. The highest BCUT2D eigenvalue weighted by Gasteiger charge is 2.26. The quantitative estimate of drug-likeness (QED) is 0.440. The van der Waals surface area contributed by atoms with Crippen molar-refractivity contribution in [2.75, 3.05) is 0 Å². The third-order valence-corrected chi connectivity index (χ3v) is 6.48. The second-order valence-corrected chi connectivity index (χ2v) is 11.2. The Balaban J connectivity index is 2.23. The van der Waals surface area contributed by atoms with Gasteiger partial charge in [-0.25, -0.2) is 9.13 Å². The van der Waals surface area contributed by atoms with Gasteiger partial charge in [-0.05, 0) is 60.4 Å². The minimum atomic E-state index is 0.140. The number of hydrogen-bond donors (Lipinski definition) is 0. The Labute approximate surface area is 189 Å². The molecule has 0 aliphatic rings. The number of aryl methyl sites for hydroxylation is 4. The predicted molar refractivity (Wildman–Crippen MR) is 131 cm³/mol. The van der Waals surface area contributed by atoms with Gasteiger partial charge in [-0.15, -0.1) is 0 Å². The highest BCUT2D eigenvalue weighted by atomic mass is 14.9. The van der Waals surface area contributed by atoms with Gasteiger partial charge >= 0.3 is 0 Å². The zero-order valence-electron chi connectivity index (χ0n) is 21.4. The molecule has 0 aliphatic carbocycles. The van der Waals surface area contributed by atoms with E-state index in [0.29, 0.717) is 0 Å². The first kappa shape index (κ1) is 23.2. The Bertz CT molecular complexity index is 1050. The Morgan fingerprint density at radius 3 is 1.23 bits per heavy atom. The summed E-state index contributed by atoms with van der Waals surface area (Å²) in [4.78, 5) is 0. The molecule has 0 aliphatic heterocycles. The van der Waals surface area contributed by atoms with Crippen molar-refractivity contribution in [1.82, 2.24) is 0 Å². The normalized spacial score (nSPS) is 12.4. The Kier molecular flexibility index (Phi) is 5.90. The van der Waals surface area contributed by atoms with Crippen molar-refractivity contribution in [2.24, 2.45) is 14.1 Å². The number of nitrogens with zero attached hydrogens (tertiary/aromatic N) is 2. The van der Waals surface area contributed by atoms with Gasteiger partial charge in [0.2, 0.25) is 11.4 Å². The van der Waals surface area contributed by atoms with Gasteiger partial charge in [-0.2, -0.15) is 0 Å². The molecule has 0 fully saturated rings. The van der Waals surface area contributed by atoms with Crippen LogP contribution in [0, 0.1) is 20.8 Å². The van der Waals surface area contributed by atoms with Crippen LogP contribution in [0.15, 0.2) is 42.7 Å². The molecule has 0 amide bonds. The number of rotatable bonds is 2. The Hall–Kier alpha value is -2.48. The van der Waals surface area contributed by atoms with Crippen molar-refractivity contribution in [3.8, 4) is 22.5 Å². The molecule has 3 rings (SSSR count). The molecule has 2 nitrogen and oxygen atoms in total. The molecule has 0 saturated carbocycles. The Morgan fingerprint density at radius 1 is 0.581 bits per heavy atom. The average molecular weight is 417 g/mol. The van der Waals surface area contributed by atoms with Gasteiger partial charge in [0.25, 0.3) is 0 Å². The van der Waals surface area contributed by atoms with E-state index in [1.54, 1.807) is 0 Å². The van der Waals surface area contributed by atoms with E-state index < -0.39 is 0 Å². The third-order valence-electron chi connectivity index (χ3n) is 6.48. The monoisotopic (exact) mass is 416 g/mol. The van der Waals surface area contributed by atoms with Crippen molar-refractivity contribution in [1.29, 1.82) is 0 Å². The molecule has 0 saturated heterocycles. The highest BCUT2D eigenvalue weighted by Crippen LogP contribution is 2.35. The van der Waals surface area contributed by atoms with E-state index in [4.69, 9.17) is 0 Å². The summed E-state index contributed by atoms with van der Waals surface area (Å²) in [5, 5.41) is 0. The lowest BCUT2D eigenvalue weighted by molar-refractivity contribution is -0.661. The summed E-state index contributed by atoms with van der Waals surface area (Å²) in [7, 11) is 4.34. The zero-order chi connectivity index (χ0) is 23.3. The van der Waals surface area contributed by atoms with Gasteiger partial charge in [0.1, 0.15) is 14.1 Å². The largest absolute Gasteiger partial charge is 0.212 e. The third kappa shape index (κ3) is 4.44. The molecule has 2 aromatic heterocycles. The summed E-state index contributed by atoms with van der Waals surface area (Å²) in [6, 6.07) is 11.5. The molecule has 1 aromatic carbocycles. The maximum absolute atomic E-state index is 2.34. The van der Waals surface area contributed by atoms with E-state index in [-0.39, 0.29) is 10.8 Å². The van der Waals surface area contributed by atoms with Crippen LogP contribution in [0.5, 0.6) is 0 Å². The number of hydrogen-bond acceptors (Lipinski definition) is 0. The summed E-state index contributed by atoms with van der Waals surface area (Å²) >= 11 is 0. The molecule has 0 unspecified atom stereocenters. The molecule has 0 spiro atoms. The maximum atomic E-state index is 2.34. The van der Waals surface area contributed by atoms with Crippen molar-refractivity contribution in [2.45, 2.75) is 73.1 Å².